The molecule has 15 heavy (non-hydrogen) atoms. The number of hydrogen-bond donors (Lipinski definition) is 2. The number of urea groups is 1. The molecule has 0 aromatic carbocycles. The number of rotatable bonds is 0. The van der Waals surface area contributed by atoms with E-state index < -0.39 is 0 Å². The molecule has 2 N–H and O–H groups in total. The summed E-state index contributed by atoms with van der Waals surface area (Å²) in [5, 5.41) is 5.01. The number of carbonyl (C=O) groups excluding carboxylic acids is 2. The van der Waals surface area contributed by atoms with Crippen LogP contribution in [-0.4, -0.2) is 18.5 Å². The third kappa shape index (κ3) is 6.10. The molecule has 3 amide bonds. The first-order valence-corrected chi connectivity index (χ1v) is 5.87. The second kappa shape index (κ2) is 7.26. The minimum Gasteiger partial charge on any atom is -0.338 e. The highest BCUT2D eigenvalue weighted by Crippen LogP contribution is 2.08. The monoisotopic (exact) mass is 212 g/mol. The van der Waals surface area contributed by atoms with Gasteiger partial charge in [0.2, 0.25) is 5.91 Å². The maximum Gasteiger partial charge on any atom is 0.321 e. The van der Waals surface area contributed by atoms with Crippen molar-refractivity contribution in [1.29, 1.82) is 0 Å². The van der Waals surface area contributed by atoms with Crippen molar-refractivity contribution in [3.63, 3.8) is 0 Å². The predicted molar refractivity (Wildman–Crippen MR) is 58.5 cm³/mol. The molecule has 1 rings (SSSR count). The topological polar surface area (TPSA) is 58.2 Å². The average molecular weight is 212 g/mol. The number of hydrogen-bond acceptors (Lipinski definition) is 2. The third-order valence-corrected chi connectivity index (χ3v) is 2.62. The summed E-state index contributed by atoms with van der Waals surface area (Å²) >= 11 is 0. The summed E-state index contributed by atoms with van der Waals surface area (Å²) in [5.41, 5.74) is 0. The third-order valence-electron chi connectivity index (χ3n) is 2.62. The molecule has 0 radical (unpaired) electrons. The molecule has 1 saturated heterocycles. The van der Waals surface area contributed by atoms with Gasteiger partial charge in [-0.2, -0.15) is 0 Å². The average Bonchev–Trinajstić information content (AvgIpc) is 2.21. The van der Waals surface area contributed by atoms with Crippen LogP contribution in [0, 0.1) is 0 Å². The van der Waals surface area contributed by atoms with Gasteiger partial charge in [-0.1, -0.05) is 32.1 Å². The van der Waals surface area contributed by atoms with Crippen molar-refractivity contribution in [3.8, 4) is 0 Å². The Hall–Kier alpha value is -1.06. The molecule has 0 unspecified atom stereocenters. The van der Waals surface area contributed by atoms with Gasteiger partial charge in [0, 0.05) is 13.0 Å². The zero-order chi connectivity index (χ0) is 10.9. The van der Waals surface area contributed by atoms with E-state index in [0.717, 1.165) is 25.7 Å². The summed E-state index contributed by atoms with van der Waals surface area (Å²) in [6.07, 6.45) is 8.29. The van der Waals surface area contributed by atoms with E-state index in [1.165, 1.54) is 19.3 Å². The molecule has 4 heteroatoms. The SMILES string of the molecule is O=C1CCCCCCCCCNC(=O)N1. The first-order chi connectivity index (χ1) is 7.29. The van der Waals surface area contributed by atoms with E-state index in [1.807, 2.05) is 0 Å². The smallest absolute Gasteiger partial charge is 0.321 e. The van der Waals surface area contributed by atoms with Crippen molar-refractivity contribution in [3.05, 3.63) is 0 Å². The zero-order valence-corrected chi connectivity index (χ0v) is 9.18. The van der Waals surface area contributed by atoms with Crippen LogP contribution in [0.1, 0.15) is 51.4 Å². The molecular weight excluding hydrogens is 192 g/mol. The van der Waals surface area contributed by atoms with Gasteiger partial charge in [-0.15, -0.1) is 0 Å². The van der Waals surface area contributed by atoms with Gasteiger partial charge in [0.15, 0.2) is 0 Å². The Labute approximate surface area is 90.8 Å². The molecule has 0 saturated carbocycles. The Bertz CT molecular complexity index is 195. The molecule has 0 atom stereocenters. The first-order valence-electron chi connectivity index (χ1n) is 5.87. The Morgan fingerprint density at radius 3 is 2.13 bits per heavy atom. The van der Waals surface area contributed by atoms with Gasteiger partial charge < -0.3 is 5.32 Å². The molecule has 0 bridgehead atoms. The standard InChI is InChI=1S/C11H20N2O2/c14-10-8-6-4-2-1-3-5-7-9-12-11(15)13-10/h1-9H2,(H2,12,13,14,15). The second-order valence-electron chi connectivity index (χ2n) is 4.03. The van der Waals surface area contributed by atoms with Crippen LogP contribution >= 0.6 is 0 Å². The summed E-state index contributed by atoms with van der Waals surface area (Å²) < 4.78 is 0. The quantitative estimate of drug-likeness (QED) is 0.644. The second-order valence-corrected chi connectivity index (χ2v) is 4.03. The Kier molecular flexibility index (Phi) is 5.81. The van der Waals surface area contributed by atoms with Crippen LogP contribution < -0.4 is 10.6 Å². The van der Waals surface area contributed by atoms with Crippen molar-refractivity contribution in [2.45, 2.75) is 51.4 Å². The first kappa shape index (κ1) is 12.0. The van der Waals surface area contributed by atoms with Gasteiger partial charge in [0.05, 0.1) is 0 Å². The molecule has 1 fully saturated rings. The number of imide groups is 1. The van der Waals surface area contributed by atoms with E-state index in [2.05, 4.69) is 10.6 Å². The molecule has 0 aromatic heterocycles. The summed E-state index contributed by atoms with van der Waals surface area (Å²) in [4.78, 5) is 22.4. The lowest BCUT2D eigenvalue weighted by atomic mass is 10.1. The summed E-state index contributed by atoms with van der Waals surface area (Å²) in [5.74, 6) is -0.160. The van der Waals surface area contributed by atoms with Gasteiger partial charge in [0.1, 0.15) is 0 Å². The van der Waals surface area contributed by atoms with Gasteiger partial charge in [-0.3, -0.25) is 10.1 Å². The van der Waals surface area contributed by atoms with Gasteiger partial charge >= 0.3 is 6.03 Å². The van der Waals surface area contributed by atoms with Crippen molar-refractivity contribution >= 4 is 11.9 Å². The lowest BCUT2D eigenvalue weighted by Gasteiger charge is -2.05. The summed E-state index contributed by atoms with van der Waals surface area (Å²) in [6, 6.07) is -0.348. The number of amides is 3. The highest BCUT2D eigenvalue weighted by molar-refractivity contribution is 5.94. The maximum atomic E-state index is 11.2. The van der Waals surface area contributed by atoms with Crippen LogP contribution in [0.4, 0.5) is 4.79 Å². The van der Waals surface area contributed by atoms with Gasteiger partial charge in [-0.25, -0.2) is 4.79 Å². The molecule has 1 aliphatic heterocycles. The van der Waals surface area contributed by atoms with Crippen LogP contribution in [0.2, 0.25) is 0 Å². The van der Waals surface area contributed by atoms with Crippen LogP contribution in [0.5, 0.6) is 0 Å². The van der Waals surface area contributed by atoms with E-state index in [-0.39, 0.29) is 11.9 Å². The van der Waals surface area contributed by atoms with E-state index in [1.54, 1.807) is 0 Å². The van der Waals surface area contributed by atoms with Crippen LogP contribution in [-0.2, 0) is 4.79 Å². The molecule has 0 spiro atoms. The molecule has 86 valence electrons. The molecule has 4 nitrogen and oxygen atoms in total. The van der Waals surface area contributed by atoms with Crippen LogP contribution in [0.25, 0.3) is 0 Å². The predicted octanol–water partition coefficient (Wildman–Crippen LogP) is 1.95. The van der Waals surface area contributed by atoms with Crippen molar-refractivity contribution in [2.75, 3.05) is 6.54 Å². The minimum atomic E-state index is -0.348. The molecular formula is C11H20N2O2. The molecule has 0 aromatic rings. The van der Waals surface area contributed by atoms with Gasteiger partial charge in [0.25, 0.3) is 0 Å². The number of nitrogens with one attached hydrogen (secondary N) is 2. The van der Waals surface area contributed by atoms with E-state index in [4.69, 9.17) is 0 Å². The summed E-state index contributed by atoms with van der Waals surface area (Å²) in [6.45, 7) is 0.666. The minimum absolute atomic E-state index is 0.160. The Morgan fingerprint density at radius 2 is 1.40 bits per heavy atom. The normalized spacial score (nSPS) is 21.6. The Balaban J connectivity index is 2.29. The molecule has 1 aliphatic rings. The van der Waals surface area contributed by atoms with Crippen LogP contribution in [0.3, 0.4) is 0 Å². The highest BCUT2D eigenvalue weighted by Gasteiger charge is 2.07. The van der Waals surface area contributed by atoms with Crippen molar-refractivity contribution in [1.82, 2.24) is 10.6 Å². The Morgan fingerprint density at radius 1 is 0.800 bits per heavy atom. The van der Waals surface area contributed by atoms with E-state index in [9.17, 15) is 9.59 Å². The largest absolute Gasteiger partial charge is 0.338 e. The van der Waals surface area contributed by atoms with E-state index in [0.29, 0.717) is 13.0 Å². The van der Waals surface area contributed by atoms with E-state index >= 15 is 0 Å². The highest BCUT2D eigenvalue weighted by atomic mass is 16.2. The fraction of sp³-hybridized carbons (Fsp3) is 0.818. The van der Waals surface area contributed by atoms with Crippen molar-refractivity contribution in [2.24, 2.45) is 0 Å². The molecule has 0 aliphatic carbocycles. The fourth-order valence-electron chi connectivity index (χ4n) is 1.73. The lowest BCUT2D eigenvalue weighted by molar-refractivity contribution is -0.120. The van der Waals surface area contributed by atoms with Gasteiger partial charge in [-0.05, 0) is 12.8 Å². The zero-order valence-electron chi connectivity index (χ0n) is 9.18. The van der Waals surface area contributed by atoms with Crippen molar-refractivity contribution < 1.29 is 9.59 Å². The van der Waals surface area contributed by atoms with Crippen LogP contribution in [0.15, 0.2) is 0 Å². The lowest BCUT2D eigenvalue weighted by Crippen LogP contribution is -2.39. The fourth-order valence-corrected chi connectivity index (χ4v) is 1.73. The summed E-state index contributed by atoms with van der Waals surface area (Å²) in [7, 11) is 0. The number of carbonyl (C=O) groups is 2. The maximum absolute atomic E-state index is 11.2. The molecule has 1 heterocycles.